The summed E-state index contributed by atoms with van der Waals surface area (Å²) in [5.74, 6) is 2.71. The Morgan fingerprint density at radius 3 is 2.67 bits per heavy atom. The molecule has 2 aromatic rings. The van der Waals surface area contributed by atoms with Gasteiger partial charge in [0, 0.05) is 17.9 Å². The van der Waals surface area contributed by atoms with Crippen LogP contribution in [0.15, 0.2) is 24.3 Å². The average molecular weight is 388 g/mol. The number of benzene rings is 1. The van der Waals surface area contributed by atoms with E-state index in [1.54, 1.807) is 11.8 Å². The number of carbonyl (C=O) groups excluding carboxylic acids is 1. The predicted octanol–water partition coefficient (Wildman–Crippen LogP) is 2.67. The van der Waals surface area contributed by atoms with Crippen LogP contribution in [0.5, 0.6) is 11.5 Å². The number of nitrogens with zero attached hydrogens (tertiary/aromatic N) is 2. The van der Waals surface area contributed by atoms with Gasteiger partial charge >= 0.3 is 0 Å². The van der Waals surface area contributed by atoms with Gasteiger partial charge in [0.1, 0.15) is 6.04 Å². The number of aromatic nitrogens is 2. The van der Waals surface area contributed by atoms with E-state index < -0.39 is 6.04 Å². The fraction of sp³-hybridized carbons (Fsp3) is 0.421. The van der Waals surface area contributed by atoms with Gasteiger partial charge in [-0.25, -0.2) is 9.97 Å². The fourth-order valence-corrected chi connectivity index (χ4v) is 3.29. The van der Waals surface area contributed by atoms with Gasteiger partial charge in [-0.1, -0.05) is 6.07 Å². The summed E-state index contributed by atoms with van der Waals surface area (Å²) >= 11 is 1.70. The Morgan fingerprint density at radius 2 is 1.93 bits per heavy atom. The third kappa shape index (κ3) is 5.26. The predicted molar refractivity (Wildman–Crippen MR) is 106 cm³/mol. The van der Waals surface area contributed by atoms with Crippen molar-refractivity contribution >= 4 is 23.6 Å². The Bertz CT molecular complexity index is 795. The van der Waals surface area contributed by atoms with Crippen molar-refractivity contribution in [1.82, 2.24) is 15.3 Å². The van der Waals surface area contributed by atoms with Crippen LogP contribution in [0.4, 0.5) is 5.95 Å². The van der Waals surface area contributed by atoms with Crippen LogP contribution in [0.25, 0.3) is 0 Å². The number of amides is 1. The molecule has 2 heterocycles. The number of rotatable bonds is 8. The Kier molecular flexibility index (Phi) is 6.39. The third-order valence-electron chi connectivity index (χ3n) is 4.12. The maximum atomic E-state index is 12.7. The molecule has 0 aliphatic carbocycles. The highest BCUT2D eigenvalue weighted by molar-refractivity contribution is 7.98. The molecular formula is C19H24N4O3S. The second kappa shape index (κ2) is 8.94. The molecule has 0 radical (unpaired) electrons. The highest BCUT2D eigenvalue weighted by atomic mass is 32.2. The van der Waals surface area contributed by atoms with Gasteiger partial charge in [-0.3, -0.25) is 4.79 Å². The minimum atomic E-state index is -0.396. The van der Waals surface area contributed by atoms with Crippen LogP contribution in [-0.2, 0) is 11.3 Å². The Hall–Kier alpha value is -2.48. The van der Waals surface area contributed by atoms with Gasteiger partial charge in [-0.2, -0.15) is 11.8 Å². The number of aryl methyl sites for hydroxylation is 2. The first-order chi connectivity index (χ1) is 13.0. The van der Waals surface area contributed by atoms with Crippen molar-refractivity contribution in [2.75, 3.05) is 24.1 Å². The van der Waals surface area contributed by atoms with Crippen LogP contribution >= 0.6 is 11.8 Å². The van der Waals surface area contributed by atoms with Crippen LogP contribution in [0.2, 0.25) is 0 Å². The average Bonchev–Trinajstić information content (AvgIpc) is 3.10. The van der Waals surface area contributed by atoms with Crippen LogP contribution in [-0.4, -0.2) is 40.7 Å². The lowest BCUT2D eigenvalue weighted by Crippen LogP contribution is -2.40. The maximum absolute atomic E-state index is 12.7. The van der Waals surface area contributed by atoms with Crippen molar-refractivity contribution < 1.29 is 14.3 Å². The van der Waals surface area contributed by atoms with Crippen molar-refractivity contribution in [3.8, 4) is 11.5 Å². The molecule has 1 atom stereocenters. The summed E-state index contributed by atoms with van der Waals surface area (Å²) in [6.07, 6.45) is 2.71. The molecule has 0 unspecified atom stereocenters. The van der Waals surface area contributed by atoms with Gasteiger partial charge in [0.05, 0.1) is 0 Å². The first-order valence-corrected chi connectivity index (χ1v) is 10.2. The summed E-state index contributed by atoms with van der Waals surface area (Å²) in [4.78, 5) is 21.5. The molecule has 0 saturated carbocycles. The summed E-state index contributed by atoms with van der Waals surface area (Å²) in [5.41, 5.74) is 2.70. The van der Waals surface area contributed by atoms with Crippen molar-refractivity contribution in [3.05, 3.63) is 41.2 Å². The van der Waals surface area contributed by atoms with E-state index in [0.717, 1.165) is 28.5 Å². The standard InChI is InChI=1S/C19H24N4O3S/c1-12-8-13(2)22-19(21-12)23-15(6-7-27-3)18(24)20-10-14-4-5-16-17(9-14)26-11-25-16/h4-5,8-9,15H,6-7,10-11H2,1-3H3,(H,20,24)(H,21,22,23)/t15-/m0/s1. The summed E-state index contributed by atoms with van der Waals surface area (Å²) in [6.45, 7) is 4.48. The lowest BCUT2D eigenvalue weighted by Gasteiger charge is -2.18. The topological polar surface area (TPSA) is 85.4 Å². The van der Waals surface area contributed by atoms with Crippen molar-refractivity contribution in [3.63, 3.8) is 0 Å². The second-order valence-electron chi connectivity index (χ2n) is 6.36. The molecule has 1 aliphatic heterocycles. The summed E-state index contributed by atoms with van der Waals surface area (Å²) in [7, 11) is 0. The van der Waals surface area contributed by atoms with E-state index in [-0.39, 0.29) is 12.7 Å². The molecule has 1 aliphatic rings. The lowest BCUT2D eigenvalue weighted by molar-refractivity contribution is -0.122. The van der Waals surface area contributed by atoms with E-state index in [9.17, 15) is 4.79 Å². The zero-order chi connectivity index (χ0) is 19.2. The molecule has 0 fully saturated rings. The summed E-state index contributed by atoms with van der Waals surface area (Å²) < 4.78 is 10.7. The van der Waals surface area contributed by atoms with Gasteiger partial charge in [0.2, 0.25) is 18.6 Å². The van der Waals surface area contributed by atoms with Gasteiger partial charge < -0.3 is 20.1 Å². The molecule has 1 amide bonds. The van der Waals surface area contributed by atoms with E-state index in [2.05, 4.69) is 20.6 Å². The van der Waals surface area contributed by atoms with Crippen molar-refractivity contribution in [2.45, 2.75) is 32.9 Å². The minimum absolute atomic E-state index is 0.0792. The highest BCUT2D eigenvalue weighted by Gasteiger charge is 2.20. The van der Waals surface area contributed by atoms with Crippen LogP contribution in [0.3, 0.4) is 0 Å². The zero-order valence-corrected chi connectivity index (χ0v) is 16.6. The van der Waals surface area contributed by atoms with Gasteiger partial charge in [0.15, 0.2) is 11.5 Å². The van der Waals surface area contributed by atoms with Crippen LogP contribution in [0.1, 0.15) is 23.4 Å². The monoisotopic (exact) mass is 388 g/mol. The minimum Gasteiger partial charge on any atom is -0.454 e. The van der Waals surface area contributed by atoms with Crippen LogP contribution in [0, 0.1) is 13.8 Å². The van der Waals surface area contributed by atoms with E-state index in [1.807, 2.05) is 44.4 Å². The number of hydrogen-bond acceptors (Lipinski definition) is 7. The third-order valence-corrected chi connectivity index (χ3v) is 4.76. The van der Waals surface area contributed by atoms with E-state index in [1.165, 1.54) is 0 Å². The zero-order valence-electron chi connectivity index (χ0n) is 15.7. The van der Waals surface area contributed by atoms with E-state index >= 15 is 0 Å². The molecule has 27 heavy (non-hydrogen) atoms. The lowest BCUT2D eigenvalue weighted by atomic mass is 10.1. The SMILES string of the molecule is CSCC[C@H](Nc1nc(C)cc(C)n1)C(=O)NCc1ccc2c(c1)OCO2. The van der Waals surface area contributed by atoms with Crippen molar-refractivity contribution in [2.24, 2.45) is 0 Å². The quantitative estimate of drug-likeness (QED) is 0.719. The Morgan fingerprint density at radius 1 is 1.19 bits per heavy atom. The van der Waals surface area contributed by atoms with E-state index in [4.69, 9.17) is 9.47 Å². The van der Waals surface area contributed by atoms with Crippen LogP contribution < -0.4 is 20.1 Å². The molecule has 0 saturated heterocycles. The number of thioether (sulfide) groups is 1. The maximum Gasteiger partial charge on any atom is 0.242 e. The smallest absolute Gasteiger partial charge is 0.242 e. The van der Waals surface area contributed by atoms with E-state index in [0.29, 0.717) is 24.7 Å². The van der Waals surface area contributed by atoms with Gasteiger partial charge in [-0.05, 0) is 56.0 Å². The number of hydrogen-bond donors (Lipinski definition) is 2. The molecule has 2 N–H and O–H groups in total. The fourth-order valence-electron chi connectivity index (χ4n) is 2.81. The number of carbonyl (C=O) groups is 1. The molecule has 7 nitrogen and oxygen atoms in total. The molecule has 3 rings (SSSR count). The summed E-state index contributed by atoms with van der Waals surface area (Å²) in [6, 6.07) is 7.18. The molecule has 144 valence electrons. The first-order valence-electron chi connectivity index (χ1n) is 8.79. The molecule has 1 aromatic heterocycles. The number of anilines is 1. The normalized spacial score (nSPS) is 13.3. The Labute approximate surface area is 163 Å². The van der Waals surface area contributed by atoms with Gasteiger partial charge in [0.25, 0.3) is 0 Å². The second-order valence-corrected chi connectivity index (χ2v) is 7.34. The molecule has 0 spiro atoms. The highest BCUT2D eigenvalue weighted by Crippen LogP contribution is 2.32. The van der Waals surface area contributed by atoms with Gasteiger partial charge in [-0.15, -0.1) is 0 Å². The summed E-state index contributed by atoms with van der Waals surface area (Å²) in [5, 5.41) is 6.17. The number of ether oxygens (including phenoxy) is 2. The largest absolute Gasteiger partial charge is 0.454 e. The number of fused-ring (bicyclic) bond motifs is 1. The molecule has 8 heteroatoms. The molecular weight excluding hydrogens is 364 g/mol. The number of nitrogens with one attached hydrogen (secondary N) is 2. The Balaban J connectivity index is 1.63. The van der Waals surface area contributed by atoms with Crippen molar-refractivity contribution in [1.29, 1.82) is 0 Å². The molecule has 0 bridgehead atoms. The first kappa shape index (κ1) is 19.3. The molecule has 1 aromatic carbocycles.